The summed E-state index contributed by atoms with van der Waals surface area (Å²) in [5.74, 6) is 0. The summed E-state index contributed by atoms with van der Waals surface area (Å²) in [6, 6.07) is 4.41. The smallest absolute Gasteiger partial charge is 0.392 e. The van der Waals surface area contributed by atoms with E-state index in [4.69, 9.17) is 10.4 Å². The lowest BCUT2D eigenvalue weighted by Gasteiger charge is -2.08. The number of halogens is 3. The van der Waals surface area contributed by atoms with Gasteiger partial charge in [0.1, 0.15) is 0 Å². The molecule has 2 nitrogen and oxygen atoms in total. The quantitative estimate of drug-likeness (QED) is 0.755. The van der Waals surface area contributed by atoms with Gasteiger partial charge in [-0.1, -0.05) is 6.07 Å². The molecule has 0 heterocycles. The Morgan fingerprint density at radius 1 is 1.36 bits per heavy atom. The van der Waals surface area contributed by atoms with Gasteiger partial charge in [0, 0.05) is 0 Å². The van der Waals surface area contributed by atoms with Gasteiger partial charge in [-0.2, -0.15) is 18.4 Å². The van der Waals surface area contributed by atoms with Crippen molar-refractivity contribution < 1.29 is 18.3 Å². The zero-order valence-electron chi connectivity index (χ0n) is 6.97. The first kappa shape index (κ1) is 10.5. The maximum atomic E-state index is 12.3. The second-order valence-electron chi connectivity index (χ2n) is 2.65. The van der Waals surface area contributed by atoms with Crippen LogP contribution in [0.15, 0.2) is 18.2 Å². The Balaban J connectivity index is 3.28. The first-order valence-electron chi connectivity index (χ1n) is 3.70. The van der Waals surface area contributed by atoms with Crippen LogP contribution in [0.5, 0.6) is 0 Å². The highest BCUT2D eigenvalue weighted by Gasteiger charge is 2.33. The molecular weight excluding hydrogens is 195 g/mol. The summed E-state index contributed by atoms with van der Waals surface area (Å²) in [4.78, 5) is 0. The van der Waals surface area contributed by atoms with Gasteiger partial charge in [0.05, 0.1) is 23.8 Å². The highest BCUT2D eigenvalue weighted by atomic mass is 19.4. The van der Waals surface area contributed by atoms with E-state index >= 15 is 0 Å². The molecule has 0 amide bonds. The fourth-order valence-corrected chi connectivity index (χ4v) is 1.03. The average molecular weight is 201 g/mol. The van der Waals surface area contributed by atoms with Crippen molar-refractivity contribution in [3.63, 3.8) is 0 Å². The van der Waals surface area contributed by atoms with Gasteiger partial charge in [-0.15, -0.1) is 0 Å². The zero-order chi connectivity index (χ0) is 10.8. The molecule has 1 aromatic carbocycles. The maximum absolute atomic E-state index is 12.3. The minimum atomic E-state index is -4.53. The standard InChI is InChI=1S/C9H6F3NO/c10-9(11,12)8-2-1-6(5-14)3-7(8)4-13/h1-3,14H,5H2. The van der Waals surface area contributed by atoms with Gasteiger partial charge in [0.15, 0.2) is 0 Å². The Morgan fingerprint density at radius 3 is 2.43 bits per heavy atom. The van der Waals surface area contributed by atoms with E-state index in [2.05, 4.69) is 0 Å². The lowest BCUT2D eigenvalue weighted by molar-refractivity contribution is -0.137. The molecule has 0 aliphatic carbocycles. The Bertz CT molecular complexity index is 379. The molecule has 1 aromatic rings. The van der Waals surface area contributed by atoms with Gasteiger partial charge in [-0.05, 0) is 17.7 Å². The minimum Gasteiger partial charge on any atom is -0.392 e. The second-order valence-corrected chi connectivity index (χ2v) is 2.65. The summed E-state index contributed by atoms with van der Waals surface area (Å²) in [5.41, 5.74) is -1.16. The predicted octanol–water partition coefficient (Wildman–Crippen LogP) is 2.07. The van der Waals surface area contributed by atoms with Gasteiger partial charge in [0.25, 0.3) is 0 Å². The van der Waals surface area contributed by atoms with Crippen LogP contribution in [0, 0.1) is 11.3 Å². The number of nitrogens with zero attached hydrogens (tertiary/aromatic N) is 1. The molecule has 0 aliphatic heterocycles. The third-order valence-electron chi connectivity index (χ3n) is 1.69. The number of aliphatic hydroxyl groups excluding tert-OH is 1. The molecular formula is C9H6F3NO. The third-order valence-corrected chi connectivity index (χ3v) is 1.69. The second kappa shape index (κ2) is 3.68. The van der Waals surface area contributed by atoms with Crippen LogP contribution >= 0.6 is 0 Å². The van der Waals surface area contributed by atoms with E-state index in [1.54, 1.807) is 0 Å². The molecule has 0 bridgehead atoms. The number of rotatable bonds is 1. The van der Waals surface area contributed by atoms with Gasteiger partial charge in [-0.25, -0.2) is 0 Å². The fourth-order valence-electron chi connectivity index (χ4n) is 1.03. The average Bonchev–Trinajstić information content (AvgIpc) is 2.15. The molecule has 0 aromatic heterocycles. The number of alkyl halides is 3. The van der Waals surface area contributed by atoms with Crippen LogP contribution in [-0.4, -0.2) is 5.11 Å². The van der Waals surface area contributed by atoms with Crippen molar-refractivity contribution in [1.29, 1.82) is 5.26 Å². The topological polar surface area (TPSA) is 44.0 Å². The highest BCUT2D eigenvalue weighted by molar-refractivity contribution is 5.42. The van der Waals surface area contributed by atoms with Crippen LogP contribution in [0.4, 0.5) is 13.2 Å². The van der Waals surface area contributed by atoms with Crippen LogP contribution in [0.1, 0.15) is 16.7 Å². The van der Waals surface area contributed by atoms with E-state index in [1.807, 2.05) is 0 Å². The molecule has 1 rings (SSSR count). The van der Waals surface area contributed by atoms with Crippen LogP contribution in [0.25, 0.3) is 0 Å². The van der Waals surface area contributed by atoms with E-state index in [-0.39, 0.29) is 12.2 Å². The summed E-state index contributed by atoms with van der Waals surface area (Å²) in [6.45, 7) is -0.382. The maximum Gasteiger partial charge on any atom is 0.417 e. The van der Waals surface area contributed by atoms with Crippen molar-refractivity contribution in [2.45, 2.75) is 12.8 Å². The summed E-state index contributed by atoms with van der Waals surface area (Å²) in [7, 11) is 0. The fraction of sp³-hybridized carbons (Fsp3) is 0.222. The van der Waals surface area contributed by atoms with Crippen molar-refractivity contribution in [2.75, 3.05) is 0 Å². The molecule has 0 unspecified atom stereocenters. The third kappa shape index (κ3) is 2.03. The number of hydrogen-bond acceptors (Lipinski definition) is 2. The van der Waals surface area contributed by atoms with Crippen molar-refractivity contribution in [3.8, 4) is 6.07 Å². The SMILES string of the molecule is N#Cc1cc(CO)ccc1C(F)(F)F. The monoisotopic (exact) mass is 201 g/mol. The summed E-state index contributed by atoms with van der Waals surface area (Å²) < 4.78 is 36.8. The van der Waals surface area contributed by atoms with Crippen molar-refractivity contribution in [3.05, 3.63) is 34.9 Å². The van der Waals surface area contributed by atoms with E-state index in [1.165, 1.54) is 6.07 Å². The normalized spacial score (nSPS) is 11.1. The molecule has 0 spiro atoms. The number of nitriles is 1. The van der Waals surface area contributed by atoms with Gasteiger partial charge >= 0.3 is 6.18 Å². The number of aliphatic hydroxyl groups is 1. The molecule has 0 fully saturated rings. The molecule has 0 saturated carbocycles. The first-order chi connectivity index (χ1) is 6.49. The first-order valence-corrected chi connectivity index (χ1v) is 3.70. The van der Waals surface area contributed by atoms with Crippen molar-refractivity contribution >= 4 is 0 Å². The Hall–Kier alpha value is -1.54. The van der Waals surface area contributed by atoms with E-state index < -0.39 is 17.3 Å². The van der Waals surface area contributed by atoms with E-state index in [9.17, 15) is 13.2 Å². The number of hydrogen-bond donors (Lipinski definition) is 1. The van der Waals surface area contributed by atoms with Crippen LogP contribution in [0.3, 0.4) is 0 Å². The Morgan fingerprint density at radius 2 is 2.00 bits per heavy atom. The molecule has 5 heteroatoms. The number of benzene rings is 1. The molecule has 1 N–H and O–H groups in total. The zero-order valence-corrected chi connectivity index (χ0v) is 6.97. The Labute approximate surface area is 78.2 Å². The largest absolute Gasteiger partial charge is 0.417 e. The van der Waals surface area contributed by atoms with Crippen molar-refractivity contribution in [1.82, 2.24) is 0 Å². The molecule has 74 valence electrons. The van der Waals surface area contributed by atoms with Crippen LogP contribution in [0.2, 0.25) is 0 Å². The molecule has 0 saturated heterocycles. The summed E-state index contributed by atoms with van der Waals surface area (Å²) in [6.07, 6.45) is -4.53. The minimum absolute atomic E-state index is 0.287. The summed E-state index contributed by atoms with van der Waals surface area (Å²) >= 11 is 0. The lowest BCUT2D eigenvalue weighted by atomic mass is 10.0. The molecule has 0 radical (unpaired) electrons. The molecule has 0 aliphatic rings. The van der Waals surface area contributed by atoms with E-state index in [0.29, 0.717) is 0 Å². The van der Waals surface area contributed by atoms with Gasteiger partial charge < -0.3 is 5.11 Å². The Kier molecular flexibility index (Phi) is 2.77. The van der Waals surface area contributed by atoms with Gasteiger partial charge in [-0.3, -0.25) is 0 Å². The van der Waals surface area contributed by atoms with E-state index in [0.717, 1.165) is 18.2 Å². The van der Waals surface area contributed by atoms with Crippen molar-refractivity contribution in [2.24, 2.45) is 0 Å². The highest BCUT2D eigenvalue weighted by Crippen LogP contribution is 2.32. The van der Waals surface area contributed by atoms with Crippen LogP contribution in [-0.2, 0) is 12.8 Å². The lowest BCUT2D eigenvalue weighted by Crippen LogP contribution is -2.08. The summed E-state index contributed by atoms with van der Waals surface area (Å²) in [5, 5.41) is 17.1. The predicted molar refractivity (Wildman–Crippen MR) is 42.1 cm³/mol. The molecule has 0 atom stereocenters. The van der Waals surface area contributed by atoms with Gasteiger partial charge in [0.2, 0.25) is 0 Å². The molecule has 14 heavy (non-hydrogen) atoms. The van der Waals surface area contributed by atoms with Crippen LogP contribution < -0.4 is 0 Å².